The van der Waals surface area contributed by atoms with Crippen molar-refractivity contribution in [2.24, 2.45) is 0 Å². The van der Waals surface area contributed by atoms with Crippen molar-refractivity contribution in [3.63, 3.8) is 0 Å². The molecule has 1 unspecified atom stereocenters. The van der Waals surface area contributed by atoms with Crippen LogP contribution >= 0.6 is 0 Å². The Morgan fingerprint density at radius 3 is 2.31 bits per heavy atom. The predicted molar refractivity (Wildman–Crippen MR) is 171 cm³/mol. The molecule has 11 heteroatoms. The molecule has 6 rings (SSSR count). The van der Waals surface area contributed by atoms with E-state index in [0.29, 0.717) is 55.6 Å². The molecule has 1 aromatic heterocycles. The van der Waals surface area contributed by atoms with Crippen LogP contribution in [-0.2, 0) is 16.0 Å². The molecule has 236 valence electrons. The Hall–Kier alpha value is -4.74. The number of ether oxygens (including phenoxy) is 4. The standard InChI is InChI=1S/C34H39N5O6/c1-42-20-19-37-15-17-38(18-16-37)31(40)22-44-26-6-3-23(4-7-26)33-32-28(29-21-24(35)5-12-30(29)36-32)13-14-39(33)34(41)45-27-10-8-25(43-2)9-11-27/h3-12,21,33,36H,13-20,22,35H2,1-2H3. The van der Waals surface area contributed by atoms with Gasteiger partial charge in [0.15, 0.2) is 6.61 Å². The molecule has 3 aromatic carbocycles. The van der Waals surface area contributed by atoms with Crippen LogP contribution in [0.25, 0.3) is 10.9 Å². The van der Waals surface area contributed by atoms with Crippen LogP contribution in [0.4, 0.5) is 10.5 Å². The van der Waals surface area contributed by atoms with E-state index in [4.69, 9.17) is 24.7 Å². The summed E-state index contributed by atoms with van der Waals surface area (Å²) < 4.78 is 22.1. The van der Waals surface area contributed by atoms with Crippen LogP contribution in [-0.4, -0.2) is 98.4 Å². The summed E-state index contributed by atoms with van der Waals surface area (Å²) in [5.41, 5.74) is 10.7. The number of methoxy groups -OCH3 is 2. The fraction of sp³-hybridized carbons (Fsp3) is 0.353. The smallest absolute Gasteiger partial charge is 0.416 e. The molecule has 2 aliphatic rings. The molecule has 0 aliphatic carbocycles. The number of nitrogens with two attached hydrogens (primary N) is 1. The second-order valence-electron chi connectivity index (χ2n) is 11.3. The van der Waals surface area contributed by atoms with Crippen LogP contribution < -0.4 is 19.9 Å². The van der Waals surface area contributed by atoms with E-state index in [9.17, 15) is 9.59 Å². The number of aromatic amines is 1. The van der Waals surface area contributed by atoms with Gasteiger partial charge in [-0.2, -0.15) is 0 Å². The van der Waals surface area contributed by atoms with E-state index in [1.54, 1.807) is 43.4 Å². The summed E-state index contributed by atoms with van der Waals surface area (Å²) in [7, 11) is 3.29. The normalized spacial score (nSPS) is 16.8. The molecule has 45 heavy (non-hydrogen) atoms. The Kier molecular flexibility index (Phi) is 9.08. The molecule has 1 saturated heterocycles. The van der Waals surface area contributed by atoms with Crippen LogP contribution in [0.1, 0.15) is 22.9 Å². The van der Waals surface area contributed by atoms with E-state index in [1.807, 2.05) is 47.4 Å². The lowest BCUT2D eigenvalue weighted by atomic mass is 9.92. The number of nitrogen functional groups attached to an aromatic ring is 1. The van der Waals surface area contributed by atoms with Gasteiger partial charge >= 0.3 is 6.09 Å². The number of amides is 2. The first-order chi connectivity index (χ1) is 21.9. The number of H-pyrrole nitrogens is 1. The maximum Gasteiger partial charge on any atom is 0.416 e. The first-order valence-electron chi connectivity index (χ1n) is 15.2. The molecule has 1 atom stereocenters. The van der Waals surface area contributed by atoms with Crippen LogP contribution in [0.2, 0.25) is 0 Å². The van der Waals surface area contributed by atoms with Gasteiger partial charge in [0.2, 0.25) is 0 Å². The fourth-order valence-corrected chi connectivity index (χ4v) is 6.08. The van der Waals surface area contributed by atoms with E-state index in [-0.39, 0.29) is 12.5 Å². The number of rotatable bonds is 9. The van der Waals surface area contributed by atoms with Crippen LogP contribution in [0, 0.1) is 0 Å². The van der Waals surface area contributed by atoms with E-state index in [2.05, 4.69) is 9.88 Å². The summed E-state index contributed by atoms with van der Waals surface area (Å²) >= 11 is 0. The van der Waals surface area contributed by atoms with Gasteiger partial charge < -0.3 is 34.6 Å². The molecule has 0 saturated carbocycles. The van der Waals surface area contributed by atoms with Gasteiger partial charge in [0.05, 0.1) is 13.7 Å². The zero-order chi connectivity index (χ0) is 31.3. The van der Waals surface area contributed by atoms with Crippen molar-refractivity contribution in [3.8, 4) is 17.2 Å². The fourth-order valence-electron chi connectivity index (χ4n) is 6.08. The van der Waals surface area contributed by atoms with Gasteiger partial charge in [0.25, 0.3) is 5.91 Å². The summed E-state index contributed by atoms with van der Waals surface area (Å²) in [6, 6.07) is 19.8. The maximum absolute atomic E-state index is 13.6. The van der Waals surface area contributed by atoms with Gasteiger partial charge in [0, 0.05) is 68.7 Å². The van der Waals surface area contributed by atoms with Gasteiger partial charge in [-0.05, 0) is 72.1 Å². The topological polar surface area (TPSA) is 123 Å². The Morgan fingerprint density at radius 1 is 0.889 bits per heavy atom. The van der Waals surface area contributed by atoms with Crippen molar-refractivity contribution >= 4 is 28.6 Å². The highest BCUT2D eigenvalue weighted by Crippen LogP contribution is 2.40. The Bertz CT molecular complexity index is 1630. The average Bonchev–Trinajstić information content (AvgIpc) is 3.44. The summed E-state index contributed by atoms with van der Waals surface area (Å²) in [6.45, 7) is 4.98. The van der Waals surface area contributed by atoms with E-state index in [0.717, 1.165) is 47.4 Å². The predicted octanol–water partition coefficient (Wildman–Crippen LogP) is 4.07. The number of piperazine rings is 1. The van der Waals surface area contributed by atoms with Crippen molar-refractivity contribution in [3.05, 3.63) is 83.6 Å². The summed E-state index contributed by atoms with van der Waals surface area (Å²) in [5, 5.41) is 1.05. The highest BCUT2D eigenvalue weighted by atomic mass is 16.6. The maximum atomic E-state index is 13.6. The molecule has 2 aliphatic heterocycles. The summed E-state index contributed by atoms with van der Waals surface area (Å²) in [5.74, 6) is 1.66. The molecule has 4 aromatic rings. The number of anilines is 1. The lowest BCUT2D eigenvalue weighted by Crippen LogP contribution is -2.50. The van der Waals surface area contributed by atoms with Crippen LogP contribution in [0.15, 0.2) is 66.7 Å². The minimum Gasteiger partial charge on any atom is -0.497 e. The lowest BCUT2D eigenvalue weighted by Gasteiger charge is -2.35. The number of carbonyl (C=O) groups is 2. The van der Waals surface area contributed by atoms with Gasteiger partial charge in [-0.25, -0.2) is 4.79 Å². The second-order valence-corrected chi connectivity index (χ2v) is 11.3. The van der Waals surface area contributed by atoms with Crippen molar-refractivity contribution < 1.29 is 28.5 Å². The third-order valence-corrected chi connectivity index (χ3v) is 8.54. The number of aromatic nitrogens is 1. The van der Waals surface area contributed by atoms with E-state index < -0.39 is 12.1 Å². The van der Waals surface area contributed by atoms with E-state index in [1.165, 1.54) is 0 Å². The molecule has 0 spiro atoms. The molecular formula is C34H39N5O6. The van der Waals surface area contributed by atoms with Crippen molar-refractivity contribution in [1.29, 1.82) is 0 Å². The molecule has 3 N–H and O–H groups in total. The molecule has 3 heterocycles. The number of nitrogens with one attached hydrogen (secondary N) is 1. The molecular weight excluding hydrogens is 574 g/mol. The number of nitrogens with zero attached hydrogens (tertiary/aromatic N) is 3. The zero-order valence-corrected chi connectivity index (χ0v) is 25.7. The van der Waals surface area contributed by atoms with Crippen molar-refractivity contribution in [2.75, 3.05) is 72.4 Å². The largest absolute Gasteiger partial charge is 0.497 e. The zero-order valence-electron chi connectivity index (χ0n) is 25.7. The third kappa shape index (κ3) is 6.69. The van der Waals surface area contributed by atoms with Crippen molar-refractivity contribution in [2.45, 2.75) is 12.5 Å². The van der Waals surface area contributed by atoms with Crippen molar-refractivity contribution in [1.82, 2.24) is 19.7 Å². The number of hydrogen-bond acceptors (Lipinski definition) is 8. The van der Waals surface area contributed by atoms with Gasteiger partial charge in [-0.1, -0.05) is 12.1 Å². The summed E-state index contributed by atoms with van der Waals surface area (Å²) in [4.78, 5) is 35.9. The third-order valence-electron chi connectivity index (χ3n) is 8.54. The Morgan fingerprint density at radius 2 is 1.60 bits per heavy atom. The quantitative estimate of drug-likeness (QED) is 0.271. The molecule has 0 bridgehead atoms. The first-order valence-corrected chi connectivity index (χ1v) is 15.2. The molecule has 2 amide bonds. The highest BCUT2D eigenvalue weighted by molar-refractivity contribution is 5.88. The van der Waals surface area contributed by atoms with Gasteiger partial charge in [-0.3, -0.25) is 14.6 Å². The van der Waals surface area contributed by atoms with E-state index >= 15 is 0 Å². The first kappa shape index (κ1) is 30.3. The molecule has 0 radical (unpaired) electrons. The molecule has 1 fully saturated rings. The number of hydrogen-bond donors (Lipinski definition) is 2. The van der Waals surface area contributed by atoms with Crippen LogP contribution in [0.3, 0.4) is 0 Å². The monoisotopic (exact) mass is 613 g/mol. The second kappa shape index (κ2) is 13.5. The number of benzene rings is 3. The highest BCUT2D eigenvalue weighted by Gasteiger charge is 2.36. The minimum atomic E-state index is -0.456. The SMILES string of the molecule is COCCN1CCN(C(=O)COc2ccc(C3c4[nH]c5ccc(N)cc5c4CCN3C(=O)Oc3ccc(OC)cc3)cc2)CC1. The minimum absolute atomic E-state index is 0.0330. The van der Waals surface area contributed by atoms with Gasteiger partial charge in [0.1, 0.15) is 23.3 Å². The average molecular weight is 614 g/mol. The van der Waals surface area contributed by atoms with Crippen LogP contribution in [0.5, 0.6) is 17.2 Å². The summed E-state index contributed by atoms with van der Waals surface area (Å²) in [6.07, 6.45) is 0.193. The molecule has 11 nitrogen and oxygen atoms in total. The number of fused-ring (bicyclic) bond motifs is 3. The number of carbonyl (C=O) groups excluding carboxylic acids is 2. The Balaban J connectivity index is 1.18. The Labute approximate surface area is 262 Å². The van der Waals surface area contributed by atoms with Gasteiger partial charge in [-0.15, -0.1) is 0 Å². The lowest BCUT2D eigenvalue weighted by molar-refractivity contribution is -0.135.